The molecule has 0 heterocycles. The Morgan fingerprint density at radius 2 is 1.57 bits per heavy atom. The predicted molar refractivity (Wildman–Crippen MR) is 62.9 cm³/mol. The number of allylic oxidation sites excluding steroid dienone is 8. The van der Waals surface area contributed by atoms with Crippen LogP contribution in [-0.2, 0) is 0 Å². The Hall–Kier alpha value is -1.04. The van der Waals surface area contributed by atoms with Crippen molar-refractivity contribution in [2.24, 2.45) is 0 Å². The topological polar surface area (TPSA) is 0 Å². The van der Waals surface area contributed by atoms with Gasteiger partial charge in [0.15, 0.2) is 0 Å². The molecule has 0 amide bonds. The lowest BCUT2D eigenvalue weighted by Crippen LogP contribution is -1.73. The van der Waals surface area contributed by atoms with Crippen LogP contribution >= 0.6 is 0 Å². The van der Waals surface area contributed by atoms with E-state index in [0.717, 1.165) is 12.8 Å². The van der Waals surface area contributed by atoms with E-state index in [1.54, 1.807) is 0 Å². The highest BCUT2D eigenvalue weighted by Gasteiger charge is 1.83. The molecule has 0 aliphatic heterocycles. The van der Waals surface area contributed by atoms with Gasteiger partial charge in [-0.15, -0.1) is 0 Å². The first-order chi connectivity index (χ1) is 7.00. The molecule has 0 aromatic carbocycles. The van der Waals surface area contributed by atoms with Crippen LogP contribution in [0.4, 0.5) is 0 Å². The first-order valence-corrected chi connectivity index (χ1v) is 5.52. The van der Waals surface area contributed by atoms with Gasteiger partial charge in [-0.2, -0.15) is 0 Å². The fourth-order valence-corrected chi connectivity index (χ4v) is 1.36. The summed E-state index contributed by atoms with van der Waals surface area (Å²) in [6.07, 6.45) is 25.5. The lowest BCUT2D eigenvalue weighted by molar-refractivity contribution is 0.761. The molecule has 0 spiro atoms. The van der Waals surface area contributed by atoms with Crippen LogP contribution in [0.5, 0.6) is 0 Å². The molecule has 0 heteroatoms. The van der Waals surface area contributed by atoms with Gasteiger partial charge >= 0.3 is 0 Å². The second kappa shape index (κ2) is 8.55. The Balaban J connectivity index is 2.35. The molecule has 0 aromatic heterocycles. The van der Waals surface area contributed by atoms with Crippen molar-refractivity contribution in [1.29, 1.82) is 0 Å². The molecule has 1 aliphatic carbocycles. The summed E-state index contributed by atoms with van der Waals surface area (Å²) < 4.78 is 0. The molecule has 0 aromatic rings. The van der Waals surface area contributed by atoms with Gasteiger partial charge in [-0.25, -0.2) is 0 Å². The molecule has 0 unspecified atom stereocenters. The van der Waals surface area contributed by atoms with Crippen molar-refractivity contribution in [3.63, 3.8) is 0 Å². The van der Waals surface area contributed by atoms with Gasteiger partial charge in [0.25, 0.3) is 0 Å². The molecule has 0 nitrogen and oxygen atoms in total. The summed E-state index contributed by atoms with van der Waals surface area (Å²) in [6, 6.07) is 0. The molecule has 14 heavy (non-hydrogen) atoms. The van der Waals surface area contributed by atoms with Gasteiger partial charge in [0.2, 0.25) is 0 Å². The van der Waals surface area contributed by atoms with E-state index in [4.69, 9.17) is 0 Å². The van der Waals surface area contributed by atoms with Gasteiger partial charge in [0, 0.05) is 0 Å². The van der Waals surface area contributed by atoms with Crippen molar-refractivity contribution in [3.8, 4) is 0 Å². The fourth-order valence-electron chi connectivity index (χ4n) is 1.36. The normalized spacial score (nSPS) is 19.4. The van der Waals surface area contributed by atoms with Crippen LogP contribution in [0.2, 0.25) is 0 Å². The van der Waals surface area contributed by atoms with Crippen molar-refractivity contribution in [2.45, 2.75) is 38.5 Å². The van der Waals surface area contributed by atoms with E-state index in [0.29, 0.717) is 0 Å². The average molecular weight is 187 g/mol. The monoisotopic (exact) mass is 187 g/mol. The molecule has 0 N–H and O–H groups in total. The van der Waals surface area contributed by atoms with Crippen LogP contribution in [0.25, 0.3) is 0 Å². The lowest BCUT2D eigenvalue weighted by Gasteiger charge is -1.92. The van der Waals surface area contributed by atoms with Crippen LogP contribution in [0.15, 0.2) is 42.5 Å². The first kappa shape index (κ1) is 11.0. The Morgan fingerprint density at radius 3 is 2.50 bits per heavy atom. The van der Waals surface area contributed by atoms with Crippen LogP contribution in [0, 0.1) is 6.08 Å². The predicted octanol–water partition coefficient (Wildman–Crippen LogP) is 4.37. The lowest BCUT2D eigenvalue weighted by atomic mass is 10.1. The largest absolute Gasteiger partial charge is 0.0882 e. The third-order valence-corrected chi connectivity index (χ3v) is 2.18. The summed E-state index contributed by atoms with van der Waals surface area (Å²) >= 11 is 0. The number of hydrogen-bond acceptors (Lipinski definition) is 0. The Labute approximate surface area is 87.7 Å². The summed E-state index contributed by atoms with van der Waals surface area (Å²) in [4.78, 5) is 0. The van der Waals surface area contributed by atoms with Crippen molar-refractivity contribution in [3.05, 3.63) is 48.6 Å². The molecule has 1 rings (SSSR count). The number of rotatable bonds is 0. The van der Waals surface area contributed by atoms with Gasteiger partial charge in [-0.05, 0) is 44.6 Å². The molecule has 0 bridgehead atoms. The standard InChI is InChI=1S/C14H19/c1-2-4-6-8-10-12-14-13-11-9-7-5-3-1/h1-3,9,11-12,14H,4,6-8,10,13H2. The van der Waals surface area contributed by atoms with Crippen molar-refractivity contribution in [2.75, 3.05) is 0 Å². The second-order valence-corrected chi connectivity index (χ2v) is 3.47. The Bertz CT molecular complexity index is 228. The zero-order chi connectivity index (χ0) is 9.90. The SMILES string of the molecule is [C]1=CC=CCCCCC=CCC=CC1. The van der Waals surface area contributed by atoms with Gasteiger partial charge in [-0.1, -0.05) is 42.5 Å². The van der Waals surface area contributed by atoms with E-state index in [-0.39, 0.29) is 0 Å². The zero-order valence-electron chi connectivity index (χ0n) is 8.78. The zero-order valence-corrected chi connectivity index (χ0v) is 8.78. The molecule has 1 aliphatic rings. The van der Waals surface area contributed by atoms with E-state index in [1.165, 1.54) is 25.7 Å². The quantitative estimate of drug-likeness (QED) is 0.494. The smallest absolute Gasteiger partial charge is 0.00945 e. The van der Waals surface area contributed by atoms with Gasteiger partial charge in [0.1, 0.15) is 0 Å². The first-order valence-electron chi connectivity index (χ1n) is 5.52. The third kappa shape index (κ3) is 6.47. The van der Waals surface area contributed by atoms with Crippen LogP contribution in [0.1, 0.15) is 38.5 Å². The van der Waals surface area contributed by atoms with E-state index in [1.807, 2.05) is 6.08 Å². The minimum absolute atomic E-state index is 0.929. The molecule has 75 valence electrons. The van der Waals surface area contributed by atoms with Crippen LogP contribution < -0.4 is 0 Å². The van der Waals surface area contributed by atoms with E-state index < -0.39 is 0 Å². The molecular weight excluding hydrogens is 168 g/mol. The molecule has 0 saturated carbocycles. The fraction of sp³-hybridized carbons (Fsp3) is 0.429. The highest BCUT2D eigenvalue weighted by molar-refractivity contribution is 5.02. The summed E-state index contributed by atoms with van der Waals surface area (Å²) in [5, 5.41) is 0. The molecule has 0 atom stereocenters. The Morgan fingerprint density at radius 1 is 0.786 bits per heavy atom. The van der Waals surface area contributed by atoms with Gasteiger partial charge in [0.05, 0.1) is 0 Å². The molecule has 0 saturated heterocycles. The molecular formula is C14H19. The third-order valence-electron chi connectivity index (χ3n) is 2.18. The van der Waals surface area contributed by atoms with Crippen molar-refractivity contribution in [1.82, 2.24) is 0 Å². The summed E-state index contributed by atoms with van der Waals surface area (Å²) in [5.74, 6) is 0. The van der Waals surface area contributed by atoms with Crippen molar-refractivity contribution < 1.29 is 0 Å². The van der Waals surface area contributed by atoms with E-state index in [2.05, 4.69) is 42.5 Å². The average Bonchev–Trinajstić information content (AvgIpc) is 2.22. The number of hydrogen-bond donors (Lipinski definition) is 0. The van der Waals surface area contributed by atoms with Gasteiger partial charge in [-0.3, -0.25) is 0 Å². The minimum atomic E-state index is 0.929. The maximum absolute atomic E-state index is 3.22. The highest BCUT2D eigenvalue weighted by atomic mass is 13.9. The maximum Gasteiger partial charge on any atom is -0.00945 e. The summed E-state index contributed by atoms with van der Waals surface area (Å²) in [6.45, 7) is 0. The maximum atomic E-state index is 3.22. The van der Waals surface area contributed by atoms with Gasteiger partial charge < -0.3 is 0 Å². The minimum Gasteiger partial charge on any atom is -0.0882 e. The van der Waals surface area contributed by atoms with E-state index in [9.17, 15) is 0 Å². The van der Waals surface area contributed by atoms with Crippen molar-refractivity contribution >= 4 is 0 Å². The summed E-state index contributed by atoms with van der Waals surface area (Å²) in [5.41, 5.74) is 0. The Kier molecular flexibility index (Phi) is 6.74. The highest BCUT2D eigenvalue weighted by Crippen LogP contribution is 2.03. The second-order valence-electron chi connectivity index (χ2n) is 3.47. The van der Waals surface area contributed by atoms with Crippen LogP contribution in [0.3, 0.4) is 0 Å². The molecule has 1 radical (unpaired) electrons. The summed E-state index contributed by atoms with van der Waals surface area (Å²) in [7, 11) is 0. The van der Waals surface area contributed by atoms with E-state index >= 15 is 0 Å². The van der Waals surface area contributed by atoms with Crippen LogP contribution in [-0.4, -0.2) is 0 Å². The molecule has 0 fully saturated rings.